The Morgan fingerprint density at radius 1 is 1.30 bits per heavy atom. The number of rotatable bonds is 4. The fourth-order valence-corrected chi connectivity index (χ4v) is 4.56. The van der Waals surface area contributed by atoms with Crippen LogP contribution >= 0.6 is 39.3 Å². The lowest BCUT2D eigenvalue weighted by Crippen LogP contribution is -2.17. The zero-order valence-corrected chi connectivity index (χ0v) is 17.5. The van der Waals surface area contributed by atoms with Crippen LogP contribution < -0.4 is 10.1 Å². The number of thioether (sulfide) groups is 1. The first-order chi connectivity index (χ1) is 13.1. The molecule has 2 aromatic carbocycles. The molecule has 0 radical (unpaired) electrons. The van der Waals surface area contributed by atoms with Crippen molar-refractivity contribution < 1.29 is 9.53 Å². The summed E-state index contributed by atoms with van der Waals surface area (Å²) < 4.78 is 7.69. The van der Waals surface area contributed by atoms with E-state index in [4.69, 9.17) is 21.4 Å². The fourth-order valence-electron chi connectivity index (χ4n) is 2.92. The number of aromatic nitrogens is 2. The van der Waals surface area contributed by atoms with Gasteiger partial charge in [0.2, 0.25) is 0 Å². The second-order valence-corrected chi connectivity index (χ2v) is 8.23. The molecule has 0 atom stereocenters. The van der Waals surface area contributed by atoms with Gasteiger partial charge in [0, 0.05) is 26.6 Å². The first kappa shape index (κ1) is 18.4. The second-order valence-electron chi connectivity index (χ2n) is 5.96. The van der Waals surface area contributed by atoms with Crippen molar-refractivity contribution in [2.24, 2.45) is 0 Å². The van der Waals surface area contributed by atoms with Gasteiger partial charge < -0.3 is 10.1 Å². The van der Waals surface area contributed by atoms with Crippen LogP contribution in [0.25, 0.3) is 5.69 Å². The molecule has 0 saturated heterocycles. The molecule has 0 spiro atoms. The molecule has 0 bridgehead atoms. The maximum Gasteiger partial charge on any atom is 0.258 e. The van der Waals surface area contributed by atoms with Crippen LogP contribution in [0.3, 0.4) is 0 Å². The summed E-state index contributed by atoms with van der Waals surface area (Å²) in [5, 5.41) is 8.34. The Hall–Kier alpha value is -1.96. The maximum atomic E-state index is 13.0. The molecule has 1 amide bonds. The number of nitrogens with zero attached hydrogens (tertiary/aromatic N) is 2. The highest BCUT2D eigenvalue weighted by Gasteiger charge is 2.25. The number of carbonyl (C=O) groups is 1. The van der Waals surface area contributed by atoms with E-state index in [1.165, 1.54) is 0 Å². The molecule has 4 rings (SSSR count). The molecule has 2 heterocycles. The topological polar surface area (TPSA) is 56.1 Å². The largest absolute Gasteiger partial charge is 0.497 e. The maximum absolute atomic E-state index is 13.0. The Bertz CT molecular complexity index is 1040. The van der Waals surface area contributed by atoms with Crippen molar-refractivity contribution in [3.05, 3.63) is 68.8 Å². The molecular weight excluding hydrogens is 450 g/mol. The number of methoxy groups -OCH3 is 1. The number of halogens is 2. The molecule has 0 fully saturated rings. The number of carbonyl (C=O) groups excluding carboxylic acids is 1. The average molecular weight is 465 g/mol. The lowest BCUT2D eigenvalue weighted by molar-refractivity contribution is 0.102. The number of anilines is 1. The minimum Gasteiger partial charge on any atom is -0.497 e. The Kier molecular flexibility index (Phi) is 5.16. The smallest absolute Gasteiger partial charge is 0.258 e. The van der Waals surface area contributed by atoms with Crippen molar-refractivity contribution in [1.29, 1.82) is 0 Å². The van der Waals surface area contributed by atoms with Crippen LogP contribution in [0.4, 0.5) is 5.82 Å². The van der Waals surface area contributed by atoms with Crippen molar-refractivity contribution in [2.75, 3.05) is 12.4 Å². The van der Waals surface area contributed by atoms with Crippen LogP contribution in [-0.2, 0) is 11.5 Å². The summed E-state index contributed by atoms with van der Waals surface area (Å²) in [6.45, 7) is 0. The van der Waals surface area contributed by atoms with E-state index in [1.54, 1.807) is 41.8 Å². The highest BCUT2D eigenvalue weighted by Crippen LogP contribution is 2.37. The molecule has 0 saturated carbocycles. The average Bonchev–Trinajstić information content (AvgIpc) is 3.24. The molecule has 27 heavy (non-hydrogen) atoms. The van der Waals surface area contributed by atoms with E-state index >= 15 is 0 Å². The molecule has 1 aromatic heterocycles. The molecule has 5 nitrogen and oxygen atoms in total. The lowest BCUT2D eigenvalue weighted by Gasteiger charge is -2.12. The van der Waals surface area contributed by atoms with Gasteiger partial charge in [-0.1, -0.05) is 17.7 Å². The molecule has 1 aliphatic rings. The van der Waals surface area contributed by atoms with E-state index in [1.807, 2.05) is 24.3 Å². The predicted molar refractivity (Wildman–Crippen MR) is 112 cm³/mol. The Labute approximate surface area is 174 Å². The monoisotopic (exact) mass is 463 g/mol. The van der Waals surface area contributed by atoms with Gasteiger partial charge in [0.05, 0.1) is 24.1 Å². The van der Waals surface area contributed by atoms with Gasteiger partial charge in [-0.15, -0.1) is 0 Å². The van der Waals surface area contributed by atoms with Gasteiger partial charge in [0.1, 0.15) is 11.6 Å². The quantitative estimate of drug-likeness (QED) is 0.569. The third kappa shape index (κ3) is 3.59. The minimum atomic E-state index is -0.233. The third-order valence-corrected chi connectivity index (χ3v) is 6.15. The Morgan fingerprint density at radius 3 is 2.93 bits per heavy atom. The van der Waals surface area contributed by atoms with E-state index in [-0.39, 0.29) is 5.91 Å². The zero-order valence-electron chi connectivity index (χ0n) is 14.3. The first-order valence-electron chi connectivity index (χ1n) is 8.16. The van der Waals surface area contributed by atoms with Crippen molar-refractivity contribution in [2.45, 2.75) is 11.5 Å². The highest BCUT2D eigenvalue weighted by molar-refractivity contribution is 9.10. The summed E-state index contributed by atoms with van der Waals surface area (Å²) >= 11 is 11.4. The number of fused-ring (bicyclic) bond motifs is 1. The zero-order chi connectivity index (χ0) is 19.0. The van der Waals surface area contributed by atoms with E-state index in [0.717, 1.165) is 28.5 Å². The van der Waals surface area contributed by atoms with E-state index in [0.29, 0.717) is 26.6 Å². The normalized spacial score (nSPS) is 12.7. The SMILES string of the molecule is COc1ccc(Br)c(C(=O)Nc2c3c(nn2-c2cccc(Cl)c2)CSC3)c1. The number of nitrogens with one attached hydrogen (secondary N) is 1. The Morgan fingerprint density at radius 2 is 2.15 bits per heavy atom. The third-order valence-electron chi connectivity index (χ3n) is 4.25. The molecule has 0 aliphatic carbocycles. The van der Waals surface area contributed by atoms with Crippen molar-refractivity contribution in [3.63, 3.8) is 0 Å². The van der Waals surface area contributed by atoms with Crippen LogP contribution in [0.2, 0.25) is 5.02 Å². The Balaban J connectivity index is 1.75. The summed E-state index contributed by atoms with van der Waals surface area (Å²) in [6.07, 6.45) is 0. The van der Waals surface area contributed by atoms with Crippen LogP contribution in [-0.4, -0.2) is 22.8 Å². The van der Waals surface area contributed by atoms with Crippen LogP contribution in [0.5, 0.6) is 5.75 Å². The van der Waals surface area contributed by atoms with Gasteiger partial charge >= 0.3 is 0 Å². The molecule has 1 aliphatic heterocycles. The van der Waals surface area contributed by atoms with Gasteiger partial charge in [-0.25, -0.2) is 4.68 Å². The summed E-state index contributed by atoms with van der Waals surface area (Å²) in [4.78, 5) is 13.0. The van der Waals surface area contributed by atoms with Gasteiger partial charge in [-0.3, -0.25) is 4.79 Å². The van der Waals surface area contributed by atoms with Gasteiger partial charge in [-0.05, 0) is 52.3 Å². The summed E-state index contributed by atoms with van der Waals surface area (Å²) in [5.74, 6) is 2.70. The lowest BCUT2D eigenvalue weighted by atomic mass is 10.2. The molecule has 8 heteroatoms. The number of hydrogen-bond donors (Lipinski definition) is 1. The van der Waals surface area contributed by atoms with Gasteiger partial charge in [0.25, 0.3) is 5.91 Å². The molecule has 1 N–H and O–H groups in total. The van der Waals surface area contributed by atoms with Gasteiger partial charge in [0.15, 0.2) is 0 Å². The minimum absolute atomic E-state index is 0.233. The van der Waals surface area contributed by atoms with E-state index in [2.05, 4.69) is 21.2 Å². The number of benzene rings is 2. The number of hydrogen-bond acceptors (Lipinski definition) is 4. The molecule has 3 aromatic rings. The summed E-state index contributed by atoms with van der Waals surface area (Å²) in [7, 11) is 1.57. The molecule has 0 unspecified atom stereocenters. The van der Waals surface area contributed by atoms with E-state index < -0.39 is 0 Å². The van der Waals surface area contributed by atoms with Crippen molar-refractivity contribution in [1.82, 2.24) is 9.78 Å². The van der Waals surface area contributed by atoms with Crippen LogP contribution in [0, 0.1) is 0 Å². The van der Waals surface area contributed by atoms with Crippen molar-refractivity contribution >= 4 is 51.0 Å². The van der Waals surface area contributed by atoms with Gasteiger partial charge in [-0.2, -0.15) is 16.9 Å². The number of ether oxygens (including phenoxy) is 1. The predicted octanol–water partition coefficient (Wildman–Crippen LogP) is 5.30. The highest BCUT2D eigenvalue weighted by atomic mass is 79.9. The van der Waals surface area contributed by atoms with Crippen LogP contribution in [0.15, 0.2) is 46.9 Å². The standard InChI is InChI=1S/C19H15BrClN3O2S/c1-26-13-5-6-16(20)14(8-13)19(25)22-18-15-9-27-10-17(15)23-24(18)12-4-2-3-11(21)7-12/h2-8H,9-10H2,1H3,(H,22,25). The summed E-state index contributed by atoms with van der Waals surface area (Å²) in [5.41, 5.74) is 3.34. The fraction of sp³-hybridized carbons (Fsp3) is 0.158. The van der Waals surface area contributed by atoms with Crippen LogP contribution in [0.1, 0.15) is 21.6 Å². The number of amides is 1. The van der Waals surface area contributed by atoms with E-state index in [9.17, 15) is 4.79 Å². The molecule has 138 valence electrons. The first-order valence-corrected chi connectivity index (χ1v) is 10.5. The summed E-state index contributed by atoms with van der Waals surface area (Å²) in [6, 6.07) is 12.7. The molecular formula is C19H15BrClN3O2S. The van der Waals surface area contributed by atoms with Crippen molar-refractivity contribution in [3.8, 4) is 11.4 Å². The second kappa shape index (κ2) is 7.58.